The molecule has 0 bridgehead atoms. The zero-order valence-corrected chi connectivity index (χ0v) is 18.1. The topological polar surface area (TPSA) is 99.4 Å². The minimum absolute atomic E-state index is 0.0877. The molecule has 0 aliphatic rings. The van der Waals surface area contributed by atoms with Gasteiger partial charge in [-0.05, 0) is 42.8 Å². The highest BCUT2D eigenvalue weighted by molar-refractivity contribution is 9.10. The smallest absolute Gasteiger partial charge is 0.341 e. The van der Waals surface area contributed by atoms with Crippen LogP contribution in [0.4, 0.5) is 4.39 Å². The van der Waals surface area contributed by atoms with Crippen molar-refractivity contribution < 1.29 is 29.2 Å². The molecule has 2 aromatic rings. The maximum atomic E-state index is 13.0. The van der Waals surface area contributed by atoms with E-state index in [2.05, 4.69) is 20.9 Å². The number of aliphatic carboxylic acids is 1. The second-order valence-electron chi connectivity index (χ2n) is 6.80. The molecule has 0 saturated carbocycles. The summed E-state index contributed by atoms with van der Waals surface area (Å²) in [6.07, 6.45) is 1.09. The molecule has 0 radical (unpaired) electrons. The molecule has 2 aromatic carbocycles. The number of carboxylic acid groups (broad SMARTS) is 1. The van der Waals surface area contributed by atoms with Crippen molar-refractivity contribution in [2.24, 2.45) is 10.9 Å². The van der Waals surface area contributed by atoms with Crippen LogP contribution in [0.2, 0.25) is 0 Å². The Hall–Kier alpha value is -2.71. The first kappa shape index (κ1) is 23.6. The number of aliphatic hydroxyl groups is 2. The summed E-state index contributed by atoms with van der Waals surface area (Å²) >= 11 is 3.31. The molecule has 3 N–H and O–H groups in total. The van der Waals surface area contributed by atoms with E-state index in [0.717, 1.165) is 11.8 Å². The molecule has 0 amide bonds. The lowest BCUT2D eigenvalue weighted by molar-refractivity contribution is -0.132. The summed E-state index contributed by atoms with van der Waals surface area (Å²) in [6, 6.07) is 10.3. The van der Waals surface area contributed by atoms with Crippen LogP contribution in [-0.4, -0.2) is 40.2 Å². The molecule has 8 heteroatoms. The lowest BCUT2D eigenvalue weighted by Crippen LogP contribution is -2.16. The molecule has 6 nitrogen and oxygen atoms in total. The predicted octanol–water partition coefficient (Wildman–Crippen LogP) is 4.61. The van der Waals surface area contributed by atoms with Crippen molar-refractivity contribution in [1.29, 1.82) is 0 Å². The van der Waals surface area contributed by atoms with Crippen molar-refractivity contribution in [2.45, 2.75) is 26.5 Å². The molecule has 0 fully saturated rings. The molecule has 0 heterocycles. The largest absolute Gasteiger partial charge is 0.506 e. The number of rotatable bonds is 9. The number of aliphatic imine (C=N–C) groups is 1. The molecule has 0 aliphatic carbocycles. The van der Waals surface area contributed by atoms with Gasteiger partial charge in [-0.15, -0.1) is 0 Å². The van der Waals surface area contributed by atoms with Crippen LogP contribution in [0.15, 0.2) is 57.5 Å². The van der Waals surface area contributed by atoms with Gasteiger partial charge in [-0.1, -0.05) is 35.0 Å². The van der Waals surface area contributed by atoms with Crippen molar-refractivity contribution in [3.05, 3.63) is 69.5 Å². The fourth-order valence-electron chi connectivity index (χ4n) is 2.38. The van der Waals surface area contributed by atoms with Crippen molar-refractivity contribution in [3.8, 4) is 5.75 Å². The Balaban J connectivity index is 2.29. The SMILES string of the molecule is CC(CO)C(C)N=CC(C(=O)O)=C(O)c1cc(OCc2ccc(F)cc2)ccc1Br. The van der Waals surface area contributed by atoms with Crippen LogP contribution in [0.3, 0.4) is 0 Å². The van der Waals surface area contributed by atoms with E-state index < -0.39 is 11.7 Å². The summed E-state index contributed by atoms with van der Waals surface area (Å²) in [5.41, 5.74) is 0.590. The Morgan fingerprint density at radius 3 is 2.47 bits per heavy atom. The molecule has 30 heavy (non-hydrogen) atoms. The van der Waals surface area contributed by atoms with Gasteiger partial charge in [0.15, 0.2) is 0 Å². The number of hydrogen-bond acceptors (Lipinski definition) is 5. The van der Waals surface area contributed by atoms with Crippen molar-refractivity contribution in [3.63, 3.8) is 0 Å². The van der Waals surface area contributed by atoms with E-state index in [-0.39, 0.29) is 42.1 Å². The number of carboxylic acids is 1. The molecule has 0 saturated heterocycles. The second-order valence-corrected chi connectivity index (χ2v) is 7.66. The van der Waals surface area contributed by atoms with Crippen molar-refractivity contribution >= 4 is 33.9 Å². The van der Waals surface area contributed by atoms with E-state index >= 15 is 0 Å². The van der Waals surface area contributed by atoms with Crippen LogP contribution in [-0.2, 0) is 11.4 Å². The highest BCUT2D eigenvalue weighted by Gasteiger charge is 2.18. The summed E-state index contributed by atoms with van der Waals surface area (Å²) in [4.78, 5) is 15.8. The second kappa shape index (κ2) is 10.9. The summed E-state index contributed by atoms with van der Waals surface area (Å²) in [5, 5.41) is 29.3. The van der Waals surface area contributed by atoms with Gasteiger partial charge in [-0.3, -0.25) is 4.99 Å². The summed E-state index contributed by atoms with van der Waals surface area (Å²) in [5.74, 6) is -1.93. The molecule has 160 valence electrons. The molecular weight excluding hydrogens is 457 g/mol. The van der Waals surface area contributed by atoms with Gasteiger partial charge in [0.2, 0.25) is 0 Å². The van der Waals surface area contributed by atoms with Gasteiger partial charge in [-0.25, -0.2) is 9.18 Å². The third kappa shape index (κ3) is 6.40. The van der Waals surface area contributed by atoms with Gasteiger partial charge >= 0.3 is 5.97 Å². The third-order valence-electron chi connectivity index (χ3n) is 4.55. The van der Waals surface area contributed by atoms with Gasteiger partial charge < -0.3 is 20.1 Å². The van der Waals surface area contributed by atoms with Gasteiger partial charge in [0.1, 0.15) is 29.5 Å². The fourth-order valence-corrected chi connectivity index (χ4v) is 2.81. The van der Waals surface area contributed by atoms with Crippen LogP contribution >= 0.6 is 15.9 Å². The Kier molecular flexibility index (Phi) is 8.56. The maximum absolute atomic E-state index is 13.0. The lowest BCUT2D eigenvalue weighted by Gasteiger charge is -2.13. The van der Waals surface area contributed by atoms with Crippen LogP contribution in [0.1, 0.15) is 25.0 Å². The monoisotopic (exact) mass is 479 g/mol. The van der Waals surface area contributed by atoms with E-state index in [1.807, 2.05) is 0 Å². The van der Waals surface area contributed by atoms with E-state index in [4.69, 9.17) is 4.74 Å². The zero-order chi connectivity index (χ0) is 22.3. The summed E-state index contributed by atoms with van der Waals surface area (Å²) in [6.45, 7) is 3.61. The van der Waals surface area contributed by atoms with E-state index in [1.54, 1.807) is 38.1 Å². The molecule has 2 rings (SSSR count). The molecule has 2 unspecified atom stereocenters. The average molecular weight is 480 g/mol. The number of ether oxygens (including phenoxy) is 1. The zero-order valence-electron chi connectivity index (χ0n) is 16.5. The average Bonchev–Trinajstić information content (AvgIpc) is 2.73. The Morgan fingerprint density at radius 2 is 1.87 bits per heavy atom. The summed E-state index contributed by atoms with van der Waals surface area (Å²) < 4.78 is 19.2. The first-order valence-electron chi connectivity index (χ1n) is 9.20. The molecule has 0 spiro atoms. The number of halogens is 2. The molecule has 2 atom stereocenters. The Morgan fingerprint density at radius 1 is 1.20 bits per heavy atom. The highest BCUT2D eigenvalue weighted by atomic mass is 79.9. The van der Waals surface area contributed by atoms with Gasteiger partial charge in [0, 0.05) is 28.8 Å². The van der Waals surface area contributed by atoms with Crippen LogP contribution in [0, 0.1) is 11.7 Å². The van der Waals surface area contributed by atoms with Crippen molar-refractivity contribution in [2.75, 3.05) is 6.61 Å². The Labute approximate surface area is 182 Å². The van der Waals surface area contributed by atoms with E-state index in [0.29, 0.717) is 10.2 Å². The lowest BCUT2D eigenvalue weighted by atomic mass is 10.1. The predicted molar refractivity (Wildman–Crippen MR) is 116 cm³/mol. The van der Waals surface area contributed by atoms with E-state index in [9.17, 15) is 24.5 Å². The quantitative estimate of drug-likeness (QED) is 0.277. The van der Waals surface area contributed by atoms with Crippen LogP contribution < -0.4 is 4.74 Å². The normalized spacial score (nSPS) is 14.3. The summed E-state index contributed by atoms with van der Waals surface area (Å²) in [7, 11) is 0. The minimum Gasteiger partial charge on any atom is -0.506 e. The standard InChI is InChI=1S/C22H23BrFNO5/c1-13(11-26)14(2)25-10-19(22(28)29)21(27)18-9-17(7-8-20(18)23)30-12-15-3-5-16(24)6-4-15/h3-10,13-14,26-27H,11-12H2,1-2H3,(H,28,29). The number of benzene rings is 2. The Bertz CT molecular complexity index is 943. The molecule has 0 aliphatic heterocycles. The minimum atomic E-state index is -1.34. The first-order valence-corrected chi connectivity index (χ1v) is 10.00. The van der Waals surface area contributed by atoms with Gasteiger partial charge in [0.05, 0.1) is 6.04 Å². The molecular formula is C22H23BrFNO5. The van der Waals surface area contributed by atoms with Crippen molar-refractivity contribution in [1.82, 2.24) is 0 Å². The first-order chi connectivity index (χ1) is 14.2. The maximum Gasteiger partial charge on any atom is 0.341 e. The number of nitrogens with zero attached hydrogens (tertiary/aromatic N) is 1. The third-order valence-corrected chi connectivity index (χ3v) is 5.24. The number of hydrogen-bond donors (Lipinski definition) is 3. The number of aliphatic hydroxyl groups excluding tert-OH is 2. The van der Waals surface area contributed by atoms with E-state index in [1.165, 1.54) is 18.2 Å². The fraction of sp³-hybridized carbons (Fsp3) is 0.273. The highest BCUT2D eigenvalue weighted by Crippen LogP contribution is 2.29. The van der Waals surface area contributed by atoms with Crippen LogP contribution in [0.25, 0.3) is 5.76 Å². The van der Waals surface area contributed by atoms with Gasteiger partial charge in [-0.2, -0.15) is 0 Å². The number of carbonyl (C=O) groups is 1. The molecule has 0 aromatic heterocycles. The van der Waals surface area contributed by atoms with Crippen LogP contribution in [0.5, 0.6) is 5.75 Å². The van der Waals surface area contributed by atoms with Gasteiger partial charge in [0.25, 0.3) is 0 Å².